The molecule has 0 atom stereocenters. The van der Waals surface area contributed by atoms with Gasteiger partial charge in [0.15, 0.2) is 0 Å². The maximum absolute atomic E-state index is 2.66. The van der Waals surface area contributed by atoms with Crippen molar-refractivity contribution < 1.29 is 4.57 Å². The fourth-order valence-electron chi connectivity index (χ4n) is 8.98. The van der Waals surface area contributed by atoms with Crippen molar-refractivity contribution in [3.63, 3.8) is 0 Å². The number of hydrogen-bond donors (Lipinski definition) is 0. The van der Waals surface area contributed by atoms with Crippen molar-refractivity contribution in [2.45, 2.75) is 323 Å². The Morgan fingerprint density at radius 2 is 0.564 bits per heavy atom. The van der Waals surface area contributed by atoms with E-state index in [0.29, 0.717) is 0 Å². The number of aromatic nitrogens is 2. The van der Waals surface area contributed by atoms with Crippen LogP contribution in [0.15, 0.2) is 12.4 Å². The minimum Gasteiger partial charge on any atom is -0.234 e. The molecule has 0 aliphatic rings. The molecule has 0 radical (unpaired) electrons. The van der Waals surface area contributed by atoms with Crippen LogP contribution in [0.1, 0.15) is 309 Å². The fourth-order valence-corrected chi connectivity index (χ4v) is 8.98. The van der Waals surface area contributed by atoms with E-state index in [1.165, 1.54) is 302 Å². The SMILES string of the molecule is CCCCCCCCCCCCCCCCCCCc1n(CCCCCCCCCCCCCC)cc[n+]1CCCCCCCCCCCCCCCCC. The molecule has 0 spiro atoms. The molecule has 2 heteroatoms. The summed E-state index contributed by atoms with van der Waals surface area (Å²) in [6.07, 6.45) is 69.8. The van der Waals surface area contributed by atoms with Gasteiger partial charge in [0, 0.05) is 6.42 Å². The largest absolute Gasteiger partial charge is 0.256 e. The van der Waals surface area contributed by atoms with Crippen molar-refractivity contribution in [3.8, 4) is 0 Å². The molecular formula is C53H105N2+. The summed E-state index contributed by atoms with van der Waals surface area (Å²) >= 11 is 0. The lowest BCUT2D eigenvalue weighted by Gasteiger charge is -2.07. The lowest BCUT2D eigenvalue weighted by Crippen LogP contribution is -2.37. The molecule has 1 heterocycles. The van der Waals surface area contributed by atoms with E-state index in [1.54, 1.807) is 5.82 Å². The summed E-state index contributed by atoms with van der Waals surface area (Å²) in [5, 5.41) is 0. The molecule has 0 aromatic carbocycles. The maximum Gasteiger partial charge on any atom is 0.256 e. The van der Waals surface area contributed by atoms with Gasteiger partial charge in [0.2, 0.25) is 0 Å². The molecule has 0 unspecified atom stereocenters. The Labute approximate surface area is 349 Å². The van der Waals surface area contributed by atoms with E-state index in [2.05, 4.69) is 42.3 Å². The van der Waals surface area contributed by atoms with Gasteiger partial charge in [-0.15, -0.1) is 0 Å². The molecule has 326 valence electrons. The van der Waals surface area contributed by atoms with Gasteiger partial charge in [-0.25, -0.2) is 9.13 Å². The summed E-state index contributed by atoms with van der Waals surface area (Å²) in [5.41, 5.74) is 0. The Balaban J connectivity index is 2.24. The highest BCUT2D eigenvalue weighted by Gasteiger charge is 2.16. The highest BCUT2D eigenvalue weighted by Crippen LogP contribution is 2.17. The zero-order valence-corrected chi connectivity index (χ0v) is 38.8. The summed E-state index contributed by atoms with van der Waals surface area (Å²) in [6, 6.07) is 0. The predicted octanol–water partition coefficient (Wildman–Crippen LogP) is 18.5. The highest BCUT2D eigenvalue weighted by atomic mass is 15.1. The molecule has 0 N–H and O–H groups in total. The standard InChI is InChI=1S/C53H105N2/c1-4-7-10-13-16-19-22-25-27-28-29-31-33-36-39-42-45-48-53-54(49-46-43-40-37-34-24-21-18-15-12-9-6-3)51-52-55(53)50-47-44-41-38-35-32-30-26-23-20-17-14-11-8-5-2/h51-52H,4-50H2,1-3H3/q+1. The molecule has 0 amide bonds. The van der Waals surface area contributed by atoms with Gasteiger partial charge in [0.25, 0.3) is 5.82 Å². The van der Waals surface area contributed by atoms with Crippen LogP contribution in [0.5, 0.6) is 0 Å². The summed E-state index contributed by atoms with van der Waals surface area (Å²) in [4.78, 5) is 0. The second kappa shape index (κ2) is 44.3. The van der Waals surface area contributed by atoms with Gasteiger partial charge in [-0.2, -0.15) is 0 Å². The Morgan fingerprint density at radius 3 is 0.873 bits per heavy atom. The third kappa shape index (κ3) is 36.1. The van der Waals surface area contributed by atoms with Gasteiger partial charge < -0.3 is 0 Å². The van der Waals surface area contributed by atoms with E-state index in [1.807, 2.05) is 0 Å². The molecule has 0 aliphatic carbocycles. The third-order valence-electron chi connectivity index (χ3n) is 12.8. The topological polar surface area (TPSA) is 8.81 Å². The van der Waals surface area contributed by atoms with Crippen LogP contribution in [0.3, 0.4) is 0 Å². The Morgan fingerprint density at radius 1 is 0.309 bits per heavy atom. The predicted molar refractivity (Wildman–Crippen MR) is 249 cm³/mol. The van der Waals surface area contributed by atoms with Crippen molar-refractivity contribution in [2.75, 3.05) is 0 Å². The second-order valence-electron chi connectivity index (χ2n) is 18.3. The summed E-state index contributed by atoms with van der Waals surface area (Å²) in [5.74, 6) is 1.63. The summed E-state index contributed by atoms with van der Waals surface area (Å²) < 4.78 is 5.32. The van der Waals surface area contributed by atoms with Gasteiger partial charge in [-0.3, -0.25) is 0 Å². The molecule has 0 saturated heterocycles. The van der Waals surface area contributed by atoms with E-state index in [4.69, 9.17) is 0 Å². The van der Waals surface area contributed by atoms with Crippen LogP contribution in [0.25, 0.3) is 0 Å². The first kappa shape index (κ1) is 52.2. The quantitative estimate of drug-likeness (QED) is 0.0461. The number of hydrogen-bond acceptors (Lipinski definition) is 0. The number of unbranched alkanes of at least 4 members (excludes halogenated alkanes) is 41. The Bertz CT molecular complexity index is 841. The van der Waals surface area contributed by atoms with Crippen molar-refractivity contribution in [2.24, 2.45) is 0 Å². The van der Waals surface area contributed by atoms with Gasteiger partial charge >= 0.3 is 0 Å². The Kier molecular flexibility index (Phi) is 42.1. The van der Waals surface area contributed by atoms with Gasteiger partial charge in [0.05, 0.1) is 13.1 Å². The molecule has 1 aromatic heterocycles. The number of aryl methyl sites for hydroxylation is 2. The van der Waals surface area contributed by atoms with Gasteiger partial charge in [-0.1, -0.05) is 271 Å². The summed E-state index contributed by atoms with van der Waals surface area (Å²) in [7, 11) is 0. The van der Waals surface area contributed by atoms with Crippen LogP contribution in [0.4, 0.5) is 0 Å². The third-order valence-corrected chi connectivity index (χ3v) is 12.8. The average Bonchev–Trinajstić information content (AvgIpc) is 3.58. The first-order valence-corrected chi connectivity index (χ1v) is 26.4. The van der Waals surface area contributed by atoms with Crippen LogP contribution in [-0.4, -0.2) is 4.57 Å². The second-order valence-corrected chi connectivity index (χ2v) is 18.3. The first-order valence-electron chi connectivity index (χ1n) is 26.4. The summed E-state index contributed by atoms with van der Waals surface area (Å²) in [6.45, 7) is 9.42. The molecule has 0 fully saturated rings. The molecule has 1 aromatic rings. The minimum atomic E-state index is 1.23. The zero-order chi connectivity index (χ0) is 39.4. The monoisotopic (exact) mass is 770 g/mol. The van der Waals surface area contributed by atoms with E-state index in [-0.39, 0.29) is 0 Å². The van der Waals surface area contributed by atoms with E-state index >= 15 is 0 Å². The minimum absolute atomic E-state index is 1.23. The van der Waals surface area contributed by atoms with Gasteiger partial charge in [0.1, 0.15) is 12.4 Å². The molecule has 2 nitrogen and oxygen atoms in total. The normalized spacial score (nSPS) is 11.7. The molecule has 0 saturated carbocycles. The zero-order valence-electron chi connectivity index (χ0n) is 38.8. The van der Waals surface area contributed by atoms with E-state index in [9.17, 15) is 0 Å². The van der Waals surface area contributed by atoms with Crippen LogP contribution in [0.2, 0.25) is 0 Å². The van der Waals surface area contributed by atoms with Crippen molar-refractivity contribution in [3.05, 3.63) is 18.2 Å². The van der Waals surface area contributed by atoms with Crippen molar-refractivity contribution in [1.82, 2.24) is 4.57 Å². The number of nitrogens with zero attached hydrogens (tertiary/aromatic N) is 2. The lowest BCUT2D eigenvalue weighted by molar-refractivity contribution is -0.704. The highest BCUT2D eigenvalue weighted by molar-refractivity contribution is 4.84. The fraction of sp³-hybridized carbons (Fsp3) is 0.943. The molecule has 0 bridgehead atoms. The van der Waals surface area contributed by atoms with Crippen LogP contribution in [-0.2, 0) is 19.5 Å². The van der Waals surface area contributed by atoms with E-state index < -0.39 is 0 Å². The molecular weight excluding hydrogens is 665 g/mol. The van der Waals surface area contributed by atoms with E-state index in [0.717, 1.165) is 0 Å². The Hall–Kier alpha value is -0.790. The lowest BCUT2D eigenvalue weighted by atomic mass is 10.0. The number of imidazole rings is 1. The van der Waals surface area contributed by atoms with Crippen LogP contribution < -0.4 is 4.57 Å². The first-order chi connectivity index (χ1) is 27.3. The van der Waals surface area contributed by atoms with Gasteiger partial charge in [-0.05, 0) is 32.1 Å². The maximum atomic E-state index is 2.66. The van der Waals surface area contributed by atoms with Crippen LogP contribution in [0, 0.1) is 0 Å². The average molecular weight is 770 g/mol. The molecule has 55 heavy (non-hydrogen) atoms. The van der Waals surface area contributed by atoms with Crippen LogP contribution >= 0.6 is 0 Å². The molecule has 0 aliphatic heterocycles. The van der Waals surface area contributed by atoms with Crippen molar-refractivity contribution >= 4 is 0 Å². The molecule has 1 rings (SSSR count). The van der Waals surface area contributed by atoms with Crippen molar-refractivity contribution in [1.29, 1.82) is 0 Å². The number of rotatable bonds is 47. The smallest absolute Gasteiger partial charge is 0.234 e.